The van der Waals surface area contributed by atoms with Crippen molar-refractivity contribution in [1.29, 1.82) is 0 Å². The maximum absolute atomic E-state index is 11.8. The van der Waals surface area contributed by atoms with Crippen molar-refractivity contribution in [2.75, 3.05) is 13.2 Å². The molecule has 10 heteroatoms. The van der Waals surface area contributed by atoms with E-state index in [0.717, 1.165) is 0 Å². The summed E-state index contributed by atoms with van der Waals surface area (Å²) in [4.78, 5) is 22.9. The van der Waals surface area contributed by atoms with Crippen LogP contribution in [0.2, 0.25) is 0 Å². The van der Waals surface area contributed by atoms with E-state index in [9.17, 15) is 9.59 Å². The van der Waals surface area contributed by atoms with Crippen LogP contribution in [-0.4, -0.2) is 58.3 Å². The van der Waals surface area contributed by atoms with Crippen LogP contribution in [0.3, 0.4) is 0 Å². The zero-order chi connectivity index (χ0) is 20.7. The van der Waals surface area contributed by atoms with E-state index in [4.69, 9.17) is 18.9 Å². The van der Waals surface area contributed by atoms with Gasteiger partial charge < -0.3 is 24.3 Å². The van der Waals surface area contributed by atoms with Crippen molar-refractivity contribution in [2.24, 2.45) is 0 Å². The predicted molar refractivity (Wildman–Crippen MR) is 98.2 cm³/mol. The van der Waals surface area contributed by atoms with Crippen molar-refractivity contribution < 1.29 is 28.5 Å². The van der Waals surface area contributed by atoms with Gasteiger partial charge in [0.1, 0.15) is 30.0 Å². The second kappa shape index (κ2) is 9.65. The number of carbonyl (C=O) groups excluding carboxylic acids is 2. The number of rotatable bonds is 7. The molecule has 2 rings (SSSR count). The Bertz CT molecular complexity index is 696. The van der Waals surface area contributed by atoms with Crippen molar-refractivity contribution in [3.8, 4) is 0 Å². The van der Waals surface area contributed by atoms with Gasteiger partial charge in [0, 0.05) is 13.5 Å². The zero-order valence-electron chi connectivity index (χ0n) is 16.9. The number of ether oxygens (including phenoxy) is 4. The first-order chi connectivity index (χ1) is 13.2. The molecule has 0 fully saturated rings. The fourth-order valence-electron chi connectivity index (χ4n) is 2.50. The van der Waals surface area contributed by atoms with Gasteiger partial charge in [-0.2, -0.15) is 0 Å². The number of esters is 1. The standard InChI is InChI=1S/C18H28N4O6/c1-6-25-16-8-7-14(15(27-16)11-26-12(2)23)22-10-13(20-21-22)9-19-17(24)28-18(3,4)5/h7-8,10,14-16H,6,9,11H2,1-5H3,(H,19,24)/t14-,15+,16-/m0/s1. The summed E-state index contributed by atoms with van der Waals surface area (Å²) in [6.45, 7) is 9.28. The monoisotopic (exact) mass is 396 g/mol. The number of hydrogen-bond donors (Lipinski definition) is 1. The molecule has 0 aliphatic carbocycles. The number of hydrogen-bond acceptors (Lipinski definition) is 8. The first-order valence-corrected chi connectivity index (χ1v) is 9.14. The molecule has 1 aromatic heterocycles. The maximum atomic E-state index is 11.8. The van der Waals surface area contributed by atoms with Crippen molar-refractivity contribution in [1.82, 2.24) is 20.3 Å². The van der Waals surface area contributed by atoms with Crippen LogP contribution in [0.1, 0.15) is 46.4 Å². The van der Waals surface area contributed by atoms with Crippen LogP contribution in [0.25, 0.3) is 0 Å². The highest BCUT2D eigenvalue weighted by molar-refractivity contribution is 5.67. The summed E-state index contributed by atoms with van der Waals surface area (Å²) in [5, 5.41) is 10.8. The lowest BCUT2D eigenvalue weighted by Crippen LogP contribution is -2.38. The van der Waals surface area contributed by atoms with E-state index in [-0.39, 0.29) is 19.2 Å². The topological polar surface area (TPSA) is 114 Å². The minimum absolute atomic E-state index is 0.0548. The van der Waals surface area contributed by atoms with Gasteiger partial charge in [-0.25, -0.2) is 9.48 Å². The molecular formula is C18H28N4O6. The molecule has 0 radical (unpaired) electrons. The molecular weight excluding hydrogens is 368 g/mol. The number of alkyl carbamates (subject to hydrolysis) is 1. The molecule has 156 valence electrons. The summed E-state index contributed by atoms with van der Waals surface area (Å²) in [5.41, 5.74) is -0.0233. The largest absolute Gasteiger partial charge is 0.463 e. The Morgan fingerprint density at radius 1 is 1.32 bits per heavy atom. The quantitative estimate of drug-likeness (QED) is 0.547. The van der Waals surface area contributed by atoms with Gasteiger partial charge in [-0.05, 0) is 33.8 Å². The van der Waals surface area contributed by atoms with Crippen LogP contribution in [0.4, 0.5) is 4.79 Å². The van der Waals surface area contributed by atoms with Crippen molar-refractivity contribution in [3.05, 3.63) is 24.0 Å². The van der Waals surface area contributed by atoms with E-state index in [1.54, 1.807) is 37.7 Å². The average molecular weight is 396 g/mol. The summed E-state index contributed by atoms with van der Waals surface area (Å²) in [5.74, 6) is -0.397. The Morgan fingerprint density at radius 3 is 2.71 bits per heavy atom. The number of carbonyl (C=O) groups is 2. The highest BCUT2D eigenvalue weighted by Gasteiger charge is 2.31. The van der Waals surface area contributed by atoms with E-state index >= 15 is 0 Å². The van der Waals surface area contributed by atoms with Crippen molar-refractivity contribution >= 4 is 12.1 Å². The van der Waals surface area contributed by atoms with Crippen LogP contribution in [0.15, 0.2) is 18.3 Å². The van der Waals surface area contributed by atoms with Crippen molar-refractivity contribution in [3.63, 3.8) is 0 Å². The normalized spacial score (nSPS) is 22.0. The predicted octanol–water partition coefficient (Wildman–Crippen LogP) is 1.72. The van der Waals surface area contributed by atoms with Crippen LogP contribution in [-0.2, 0) is 30.3 Å². The van der Waals surface area contributed by atoms with E-state index in [2.05, 4.69) is 15.6 Å². The van der Waals surface area contributed by atoms with Crippen LogP contribution in [0.5, 0.6) is 0 Å². The summed E-state index contributed by atoms with van der Waals surface area (Å²) >= 11 is 0. The number of nitrogens with one attached hydrogen (secondary N) is 1. The van der Waals surface area contributed by atoms with E-state index in [1.807, 2.05) is 13.0 Å². The first kappa shape index (κ1) is 21.8. The second-order valence-corrected chi connectivity index (χ2v) is 7.22. The van der Waals surface area contributed by atoms with Gasteiger partial charge >= 0.3 is 12.1 Å². The Labute approximate surface area is 164 Å². The fourth-order valence-corrected chi connectivity index (χ4v) is 2.50. The molecule has 1 amide bonds. The minimum Gasteiger partial charge on any atom is -0.463 e. The molecule has 1 aromatic rings. The van der Waals surface area contributed by atoms with Gasteiger partial charge in [-0.1, -0.05) is 11.3 Å². The summed E-state index contributed by atoms with van der Waals surface area (Å²) in [6.07, 6.45) is 3.81. The molecule has 0 unspecified atom stereocenters. The average Bonchev–Trinajstić information content (AvgIpc) is 3.06. The van der Waals surface area contributed by atoms with Gasteiger partial charge in [-0.3, -0.25) is 4.79 Å². The molecule has 0 saturated heterocycles. The van der Waals surface area contributed by atoms with Gasteiger partial charge in [0.25, 0.3) is 0 Å². The molecule has 1 aliphatic rings. The minimum atomic E-state index is -0.576. The molecule has 0 bridgehead atoms. The molecule has 0 saturated carbocycles. The second-order valence-electron chi connectivity index (χ2n) is 7.22. The van der Waals surface area contributed by atoms with Gasteiger partial charge in [0.15, 0.2) is 6.29 Å². The molecule has 1 aliphatic heterocycles. The Morgan fingerprint density at radius 2 is 2.07 bits per heavy atom. The third kappa shape index (κ3) is 6.93. The summed E-state index contributed by atoms with van der Waals surface area (Å²) < 4.78 is 23.2. The van der Waals surface area contributed by atoms with Gasteiger partial charge in [0.2, 0.25) is 0 Å². The molecule has 0 aromatic carbocycles. The highest BCUT2D eigenvalue weighted by atomic mass is 16.7. The lowest BCUT2D eigenvalue weighted by Gasteiger charge is -2.31. The molecule has 10 nitrogen and oxygen atoms in total. The van der Waals surface area contributed by atoms with E-state index in [0.29, 0.717) is 12.3 Å². The summed E-state index contributed by atoms with van der Waals surface area (Å²) in [7, 11) is 0. The number of aromatic nitrogens is 3. The maximum Gasteiger partial charge on any atom is 0.407 e. The van der Waals surface area contributed by atoms with Crippen LogP contribution >= 0.6 is 0 Å². The fraction of sp³-hybridized carbons (Fsp3) is 0.667. The molecule has 3 atom stereocenters. The lowest BCUT2D eigenvalue weighted by molar-refractivity contribution is -0.177. The third-order valence-electron chi connectivity index (χ3n) is 3.61. The molecule has 2 heterocycles. The third-order valence-corrected chi connectivity index (χ3v) is 3.61. The Hall–Kier alpha value is -2.46. The Kier molecular flexibility index (Phi) is 7.53. The van der Waals surface area contributed by atoms with Gasteiger partial charge in [-0.15, -0.1) is 5.10 Å². The summed E-state index contributed by atoms with van der Waals surface area (Å²) in [6, 6.07) is -0.334. The molecule has 1 N–H and O–H groups in total. The zero-order valence-corrected chi connectivity index (χ0v) is 16.9. The van der Waals surface area contributed by atoms with Crippen LogP contribution in [0, 0.1) is 0 Å². The van der Waals surface area contributed by atoms with Gasteiger partial charge in [0.05, 0.1) is 12.7 Å². The highest BCUT2D eigenvalue weighted by Crippen LogP contribution is 2.24. The lowest BCUT2D eigenvalue weighted by atomic mass is 10.1. The molecule has 28 heavy (non-hydrogen) atoms. The van der Waals surface area contributed by atoms with E-state index in [1.165, 1.54) is 6.92 Å². The number of amides is 1. The van der Waals surface area contributed by atoms with Crippen LogP contribution < -0.4 is 5.32 Å². The SMILES string of the molecule is CCO[C@@H]1C=C[C@H](n2cc(CNC(=O)OC(C)(C)C)nn2)[C@@H](COC(C)=O)O1. The molecule has 0 spiro atoms. The smallest absolute Gasteiger partial charge is 0.407 e. The van der Waals surface area contributed by atoms with E-state index < -0.39 is 30.1 Å². The Balaban J connectivity index is 2.02. The first-order valence-electron chi connectivity index (χ1n) is 9.14. The number of nitrogens with zero attached hydrogens (tertiary/aromatic N) is 3. The van der Waals surface area contributed by atoms with Crippen molar-refractivity contribution in [2.45, 2.75) is 65.2 Å².